The van der Waals surface area contributed by atoms with E-state index in [1.54, 1.807) is 4.90 Å². The monoisotopic (exact) mass is 358 g/mol. The number of aromatic amines is 1. The number of ketones is 1. The van der Waals surface area contributed by atoms with Gasteiger partial charge in [0, 0.05) is 24.8 Å². The number of hydrogen-bond acceptors (Lipinski definition) is 4. The Balaban J connectivity index is 1.44. The molecule has 8 nitrogen and oxygen atoms in total. The lowest BCUT2D eigenvalue weighted by Gasteiger charge is -2.19. The molecule has 1 saturated carbocycles. The fraction of sp³-hybridized carbons (Fsp3) is 0.556. The number of carbonyl (C=O) groups is 4. The Morgan fingerprint density at radius 3 is 2.46 bits per heavy atom. The van der Waals surface area contributed by atoms with Crippen LogP contribution in [0.25, 0.3) is 0 Å². The van der Waals surface area contributed by atoms with E-state index >= 15 is 0 Å². The van der Waals surface area contributed by atoms with Crippen LogP contribution in [0.5, 0.6) is 0 Å². The summed E-state index contributed by atoms with van der Waals surface area (Å²) < 4.78 is 0. The van der Waals surface area contributed by atoms with Gasteiger partial charge in [0.05, 0.1) is 6.54 Å². The van der Waals surface area contributed by atoms with Gasteiger partial charge < -0.3 is 15.2 Å². The number of urea groups is 1. The first-order chi connectivity index (χ1) is 12.5. The molecule has 2 aliphatic heterocycles. The van der Waals surface area contributed by atoms with Crippen LogP contribution in [0.3, 0.4) is 0 Å². The fourth-order valence-corrected chi connectivity index (χ4v) is 4.14. The Labute approximate surface area is 150 Å². The van der Waals surface area contributed by atoms with Gasteiger partial charge in [0.1, 0.15) is 11.2 Å². The molecule has 8 heteroatoms. The highest BCUT2D eigenvalue weighted by Gasteiger charge is 2.52. The van der Waals surface area contributed by atoms with Crippen LogP contribution < -0.4 is 5.32 Å². The van der Waals surface area contributed by atoms with Crippen molar-refractivity contribution < 1.29 is 19.2 Å². The van der Waals surface area contributed by atoms with E-state index in [0.29, 0.717) is 24.1 Å². The van der Waals surface area contributed by atoms with Crippen molar-refractivity contribution in [2.24, 2.45) is 0 Å². The van der Waals surface area contributed by atoms with Gasteiger partial charge in [-0.1, -0.05) is 12.8 Å². The number of nitrogens with one attached hydrogen (secondary N) is 2. The molecule has 3 heterocycles. The second kappa shape index (κ2) is 6.26. The molecule has 4 rings (SSSR count). The smallest absolute Gasteiger partial charge is 0.325 e. The second-order valence-corrected chi connectivity index (χ2v) is 7.34. The van der Waals surface area contributed by atoms with E-state index in [4.69, 9.17) is 0 Å². The minimum Gasteiger partial charge on any atom is -0.356 e. The first-order valence-corrected chi connectivity index (χ1v) is 9.15. The number of aromatic nitrogens is 1. The maximum Gasteiger partial charge on any atom is 0.325 e. The lowest BCUT2D eigenvalue weighted by molar-refractivity contribution is -0.130. The van der Waals surface area contributed by atoms with E-state index in [1.165, 1.54) is 12.3 Å². The van der Waals surface area contributed by atoms with Crippen molar-refractivity contribution in [3.63, 3.8) is 0 Å². The van der Waals surface area contributed by atoms with Crippen LogP contribution in [-0.4, -0.2) is 63.6 Å². The number of H-pyrrole nitrogens is 1. The van der Waals surface area contributed by atoms with Crippen LogP contribution in [0.1, 0.15) is 59.4 Å². The maximum atomic E-state index is 12.6. The van der Waals surface area contributed by atoms with Crippen molar-refractivity contribution in [1.29, 1.82) is 0 Å². The van der Waals surface area contributed by atoms with Crippen LogP contribution in [-0.2, 0) is 4.79 Å². The predicted molar refractivity (Wildman–Crippen MR) is 91.7 cm³/mol. The Bertz CT molecular complexity index is 772. The van der Waals surface area contributed by atoms with Crippen LogP contribution in [0.2, 0.25) is 0 Å². The van der Waals surface area contributed by atoms with Crippen molar-refractivity contribution in [1.82, 2.24) is 20.1 Å². The van der Waals surface area contributed by atoms with E-state index in [9.17, 15) is 19.2 Å². The quantitative estimate of drug-likeness (QED) is 0.625. The van der Waals surface area contributed by atoms with Crippen LogP contribution in [0.15, 0.2) is 12.3 Å². The molecule has 1 aromatic heterocycles. The van der Waals surface area contributed by atoms with E-state index in [0.717, 1.165) is 43.7 Å². The largest absolute Gasteiger partial charge is 0.356 e. The van der Waals surface area contributed by atoms with Crippen molar-refractivity contribution in [2.75, 3.05) is 19.6 Å². The highest BCUT2D eigenvalue weighted by Crippen LogP contribution is 2.35. The Morgan fingerprint density at radius 2 is 1.77 bits per heavy atom. The zero-order valence-corrected chi connectivity index (χ0v) is 14.5. The number of Topliss-reactive ketones (excluding diaryl/α,β-unsaturated/α-hetero) is 1. The molecule has 3 fully saturated rings. The van der Waals surface area contributed by atoms with Crippen LogP contribution in [0, 0.1) is 0 Å². The molecule has 0 radical (unpaired) electrons. The Hall–Kier alpha value is -2.64. The van der Waals surface area contributed by atoms with Crippen molar-refractivity contribution in [3.05, 3.63) is 23.5 Å². The van der Waals surface area contributed by atoms with Gasteiger partial charge in [-0.3, -0.25) is 19.3 Å². The van der Waals surface area contributed by atoms with Gasteiger partial charge >= 0.3 is 6.03 Å². The molecule has 0 bridgehead atoms. The number of nitrogens with zero attached hydrogens (tertiary/aromatic N) is 2. The highest BCUT2D eigenvalue weighted by atomic mass is 16.2. The molecule has 1 spiro atoms. The summed E-state index contributed by atoms with van der Waals surface area (Å²) in [5, 5.41) is 2.76. The average Bonchev–Trinajstić information content (AvgIpc) is 3.41. The van der Waals surface area contributed by atoms with Crippen molar-refractivity contribution in [3.8, 4) is 0 Å². The zero-order valence-electron chi connectivity index (χ0n) is 14.5. The number of rotatable bonds is 4. The molecule has 138 valence electrons. The summed E-state index contributed by atoms with van der Waals surface area (Å²) in [7, 11) is 0. The van der Waals surface area contributed by atoms with E-state index in [1.807, 2.05) is 0 Å². The predicted octanol–water partition coefficient (Wildman–Crippen LogP) is 1.30. The fourth-order valence-electron chi connectivity index (χ4n) is 4.14. The lowest BCUT2D eigenvalue weighted by Crippen LogP contribution is -2.44. The minimum atomic E-state index is -0.813. The zero-order chi connectivity index (χ0) is 18.3. The Morgan fingerprint density at radius 1 is 1.08 bits per heavy atom. The van der Waals surface area contributed by atoms with Gasteiger partial charge in [-0.2, -0.15) is 0 Å². The molecule has 26 heavy (non-hydrogen) atoms. The van der Waals surface area contributed by atoms with Gasteiger partial charge in [-0.05, 0) is 31.7 Å². The van der Waals surface area contributed by atoms with Gasteiger partial charge in [0.2, 0.25) is 0 Å². The molecule has 4 amide bonds. The maximum absolute atomic E-state index is 12.6. The summed E-state index contributed by atoms with van der Waals surface area (Å²) in [5.74, 6) is -0.793. The third kappa shape index (κ3) is 2.69. The highest BCUT2D eigenvalue weighted by molar-refractivity contribution is 6.11. The SMILES string of the molecule is O=C(CN1C(=O)NC2(CCCC2)C1=O)c1c[nH]c(C(=O)N2CCCC2)c1. The topological polar surface area (TPSA) is 103 Å². The number of likely N-dealkylation sites (tertiary alicyclic amines) is 1. The van der Waals surface area contributed by atoms with Crippen molar-refractivity contribution in [2.45, 2.75) is 44.1 Å². The molecule has 2 N–H and O–H groups in total. The standard InChI is InChI=1S/C18H22N4O4/c23-14(11-22-16(25)18(20-17(22)26)5-1-2-6-18)12-9-13(19-10-12)15(24)21-7-3-4-8-21/h9-10,19H,1-8,11H2,(H,20,26). The molecular formula is C18H22N4O4. The molecule has 0 unspecified atom stereocenters. The minimum absolute atomic E-state index is 0.124. The van der Waals surface area contributed by atoms with Gasteiger partial charge in [-0.15, -0.1) is 0 Å². The number of amides is 4. The number of imide groups is 1. The Kier molecular flexibility index (Phi) is 4.05. The first-order valence-electron chi connectivity index (χ1n) is 9.15. The summed E-state index contributed by atoms with van der Waals surface area (Å²) in [6, 6.07) is 1.00. The normalized spacial score (nSPS) is 21.7. The third-order valence-corrected chi connectivity index (χ3v) is 5.63. The van der Waals surface area contributed by atoms with Crippen LogP contribution in [0.4, 0.5) is 4.79 Å². The van der Waals surface area contributed by atoms with Crippen LogP contribution >= 0.6 is 0 Å². The summed E-state index contributed by atoms with van der Waals surface area (Å²) in [4.78, 5) is 55.3. The van der Waals surface area contributed by atoms with Crippen molar-refractivity contribution >= 4 is 23.6 Å². The van der Waals surface area contributed by atoms with E-state index < -0.39 is 11.6 Å². The van der Waals surface area contributed by atoms with E-state index in [2.05, 4.69) is 10.3 Å². The lowest BCUT2D eigenvalue weighted by atomic mass is 9.98. The first kappa shape index (κ1) is 16.8. The van der Waals surface area contributed by atoms with Gasteiger partial charge in [0.25, 0.3) is 11.8 Å². The molecule has 1 aromatic rings. The molecule has 0 atom stereocenters. The number of hydrogen-bond donors (Lipinski definition) is 2. The average molecular weight is 358 g/mol. The summed E-state index contributed by atoms with van der Waals surface area (Å²) >= 11 is 0. The second-order valence-electron chi connectivity index (χ2n) is 7.34. The molecule has 2 saturated heterocycles. The van der Waals surface area contributed by atoms with Gasteiger partial charge in [0.15, 0.2) is 5.78 Å². The summed E-state index contributed by atoms with van der Waals surface area (Å²) in [5.41, 5.74) is -0.146. The van der Waals surface area contributed by atoms with E-state index in [-0.39, 0.29) is 24.1 Å². The molecule has 0 aromatic carbocycles. The third-order valence-electron chi connectivity index (χ3n) is 5.63. The summed E-state index contributed by atoms with van der Waals surface area (Å²) in [6.07, 6.45) is 6.50. The molecular weight excluding hydrogens is 336 g/mol. The number of carbonyl (C=O) groups excluding carboxylic acids is 4. The molecule has 3 aliphatic rings. The molecule has 1 aliphatic carbocycles. The van der Waals surface area contributed by atoms with Gasteiger partial charge in [-0.25, -0.2) is 4.79 Å². The summed E-state index contributed by atoms with van der Waals surface area (Å²) in [6.45, 7) is 1.15.